The fourth-order valence-electron chi connectivity index (χ4n) is 3.81. The molecular formula is C21H21N3O2. The second-order valence-corrected chi connectivity index (χ2v) is 6.86. The summed E-state index contributed by atoms with van der Waals surface area (Å²) >= 11 is 0. The summed E-state index contributed by atoms with van der Waals surface area (Å²) in [6, 6.07) is 16.6. The van der Waals surface area contributed by atoms with Crippen molar-refractivity contribution in [2.75, 3.05) is 24.9 Å². The minimum absolute atomic E-state index is 0.320. The van der Waals surface area contributed by atoms with Crippen molar-refractivity contribution in [3.8, 4) is 11.5 Å². The maximum Gasteiger partial charge on any atom is 0.231 e. The topological polar surface area (TPSA) is 37.3 Å². The van der Waals surface area contributed by atoms with E-state index in [2.05, 4.69) is 53.2 Å². The summed E-state index contributed by atoms with van der Waals surface area (Å²) in [5.74, 6) is 1.69. The van der Waals surface area contributed by atoms with Crippen LogP contribution in [0.15, 0.2) is 64.9 Å². The lowest BCUT2D eigenvalue weighted by Crippen LogP contribution is -2.31. The van der Waals surface area contributed by atoms with Gasteiger partial charge in [-0.3, -0.25) is 5.01 Å². The van der Waals surface area contributed by atoms with Gasteiger partial charge in [-0.15, -0.1) is 0 Å². The van der Waals surface area contributed by atoms with Crippen molar-refractivity contribution in [3.05, 3.63) is 65.4 Å². The predicted molar refractivity (Wildman–Crippen MR) is 102 cm³/mol. The lowest BCUT2D eigenvalue weighted by molar-refractivity contribution is 0.174. The first-order valence-corrected chi connectivity index (χ1v) is 9.01. The predicted octanol–water partition coefficient (Wildman–Crippen LogP) is 3.77. The molecule has 26 heavy (non-hydrogen) atoms. The molecule has 3 aliphatic heterocycles. The first-order chi connectivity index (χ1) is 12.8. The van der Waals surface area contributed by atoms with Gasteiger partial charge in [-0.25, -0.2) is 0 Å². The number of allylic oxidation sites excluding steroid dienone is 1. The molecule has 132 valence electrons. The van der Waals surface area contributed by atoms with Crippen LogP contribution in [-0.4, -0.2) is 30.5 Å². The summed E-state index contributed by atoms with van der Waals surface area (Å²) in [6.07, 6.45) is 0.987. The van der Waals surface area contributed by atoms with E-state index in [9.17, 15) is 0 Å². The molecule has 0 aliphatic carbocycles. The highest BCUT2D eigenvalue weighted by atomic mass is 16.7. The minimum atomic E-state index is 0.320. The molecule has 5 heteroatoms. The maximum atomic E-state index is 5.51. The van der Waals surface area contributed by atoms with Crippen LogP contribution in [0.5, 0.6) is 11.5 Å². The third-order valence-electron chi connectivity index (χ3n) is 5.29. The molecule has 0 fully saturated rings. The van der Waals surface area contributed by atoms with E-state index in [4.69, 9.17) is 14.6 Å². The van der Waals surface area contributed by atoms with E-state index in [1.807, 2.05) is 12.1 Å². The van der Waals surface area contributed by atoms with Gasteiger partial charge in [0.2, 0.25) is 6.79 Å². The van der Waals surface area contributed by atoms with Crippen molar-refractivity contribution in [2.45, 2.75) is 19.9 Å². The molecule has 0 atom stereocenters. The van der Waals surface area contributed by atoms with E-state index in [0.717, 1.165) is 43.2 Å². The smallest absolute Gasteiger partial charge is 0.231 e. The van der Waals surface area contributed by atoms with E-state index in [-0.39, 0.29) is 0 Å². The van der Waals surface area contributed by atoms with Crippen LogP contribution in [0.1, 0.15) is 18.9 Å². The van der Waals surface area contributed by atoms with Crippen molar-refractivity contribution in [1.82, 2.24) is 4.90 Å². The Morgan fingerprint density at radius 2 is 1.88 bits per heavy atom. The Bertz CT molecular complexity index is 905. The van der Waals surface area contributed by atoms with Crippen LogP contribution >= 0.6 is 0 Å². The third-order valence-corrected chi connectivity index (χ3v) is 5.29. The molecule has 2 aromatic rings. The zero-order valence-corrected chi connectivity index (χ0v) is 14.8. The number of para-hydroxylation sites is 1. The number of nitrogens with zero attached hydrogens (tertiary/aromatic N) is 3. The molecule has 5 nitrogen and oxygen atoms in total. The number of hydrogen-bond donors (Lipinski definition) is 0. The summed E-state index contributed by atoms with van der Waals surface area (Å²) in [5, 5.41) is 6.96. The van der Waals surface area contributed by atoms with Gasteiger partial charge in [-0.05, 0) is 36.8 Å². The van der Waals surface area contributed by atoms with Crippen molar-refractivity contribution < 1.29 is 9.47 Å². The third kappa shape index (κ3) is 2.60. The van der Waals surface area contributed by atoms with Crippen molar-refractivity contribution in [2.24, 2.45) is 5.10 Å². The van der Waals surface area contributed by atoms with Crippen molar-refractivity contribution in [3.63, 3.8) is 0 Å². The van der Waals surface area contributed by atoms with E-state index in [1.165, 1.54) is 22.5 Å². The molecule has 0 aromatic heterocycles. The number of hydrazone groups is 1. The van der Waals surface area contributed by atoms with Gasteiger partial charge in [0.25, 0.3) is 0 Å². The SMILES string of the molecule is CC1=C2CN(c3ccccc3)N=C2CCN1Cc1ccc2c(c1)OCO2. The van der Waals surface area contributed by atoms with E-state index in [1.54, 1.807) is 0 Å². The zero-order valence-electron chi connectivity index (χ0n) is 14.8. The van der Waals surface area contributed by atoms with E-state index < -0.39 is 0 Å². The molecule has 5 rings (SSSR count). The highest BCUT2D eigenvalue weighted by molar-refractivity contribution is 6.04. The van der Waals surface area contributed by atoms with Gasteiger partial charge >= 0.3 is 0 Å². The van der Waals surface area contributed by atoms with Crippen LogP contribution in [0.2, 0.25) is 0 Å². The van der Waals surface area contributed by atoms with E-state index >= 15 is 0 Å². The Kier molecular flexibility index (Phi) is 3.59. The molecule has 0 saturated heterocycles. The first-order valence-electron chi connectivity index (χ1n) is 9.01. The monoisotopic (exact) mass is 347 g/mol. The fourth-order valence-corrected chi connectivity index (χ4v) is 3.81. The Morgan fingerprint density at radius 3 is 2.77 bits per heavy atom. The average molecular weight is 347 g/mol. The number of anilines is 1. The molecule has 0 amide bonds. The van der Waals surface area contributed by atoms with Gasteiger partial charge in [-0.2, -0.15) is 5.10 Å². The van der Waals surface area contributed by atoms with Crippen LogP contribution < -0.4 is 14.5 Å². The second-order valence-electron chi connectivity index (χ2n) is 6.86. The van der Waals surface area contributed by atoms with Crippen LogP contribution in [0.3, 0.4) is 0 Å². The summed E-state index contributed by atoms with van der Waals surface area (Å²) in [4.78, 5) is 2.44. The normalized spacial score (nSPS) is 18.3. The van der Waals surface area contributed by atoms with E-state index in [0.29, 0.717) is 6.79 Å². The summed E-state index contributed by atoms with van der Waals surface area (Å²) in [5.41, 5.74) is 6.31. The largest absolute Gasteiger partial charge is 0.454 e. The Morgan fingerprint density at radius 1 is 1.04 bits per heavy atom. The van der Waals surface area contributed by atoms with Gasteiger partial charge in [0.15, 0.2) is 11.5 Å². The molecule has 3 aliphatic rings. The fraction of sp³-hybridized carbons (Fsp3) is 0.286. The summed E-state index contributed by atoms with van der Waals surface area (Å²) < 4.78 is 10.9. The quantitative estimate of drug-likeness (QED) is 0.847. The van der Waals surface area contributed by atoms with Crippen molar-refractivity contribution in [1.29, 1.82) is 0 Å². The van der Waals surface area contributed by atoms with Crippen molar-refractivity contribution >= 4 is 11.4 Å². The lowest BCUT2D eigenvalue weighted by Gasteiger charge is -2.31. The standard InChI is InChI=1S/C21H21N3O2/c1-15-18-13-24(17-5-3-2-4-6-17)22-19(18)9-10-23(15)12-16-7-8-20-21(11-16)26-14-25-20/h2-8,11H,9-10,12-14H2,1H3. The second kappa shape index (κ2) is 6.09. The molecule has 3 heterocycles. The number of fused-ring (bicyclic) bond motifs is 2. The zero-order chi connectivity index (χ0) is 17.5. The molecule has 0 spiro atoms. The van der Waals surface area contributed by atoms with Gasteiger partial charge in [-0.1, -0.05) is 24.3 Å². The molecule has 0 bridgehead atoms. The molecule has 0 saturated carbocycles. The maximum absolute atomic E-state index is 5.51. The average Bonchev–Trinajstić information content (AvgIpc) is 3.31. The van der Waals surface area contributed by atoms with Gasteiger partial charge in [0.1, 0.15) is 0 Å². The first kappa shape index (κ1) is 15.3. The van der Waals surface area contributed by atoms with Gasteiger partial charge in [0, 0.05) is 30.8 Å². The van der Waals surface area contributed by atoms with Crippen LogP contribution in [0.25, 0.3) is 0 Å². The van der Waals surface area contributed by atoms with Crippen LogP contribution in [0, 0.1) is 0 Å². The highest BCUT2D eigenvalue weighted by Crippen LogP contribution is 2.34. The summed E-state index contributed by atoms with van der Waals surface area (Å²) in [7, 11) is 0. The number of benzene rings is 2. The molecule has 0 N–H and O–H groups in total. The Hall–Kier alpha value is -2.95. The molecular weight excluding hydrogens is 326 g/mol. The highest BCUT2D eigenvalue weighted by Gasteiger charge is 2.29. The number of hydrogen-bond acceptors (Lipinski definition) is 5. The summed E-state index contributed by atoms with van der Waals surface area (Å²) in [6.45, 7) is 5.25. The Balaban J connectivity index is 1.37. The molecule has 0 radical (unpaired) electrons. The van der Waals surface area contributed by atoms with Crippen LogP contribution in [-0.2, 0) is 6.54 Å². The van der Waals surface area contributed by atoms with Gasteiger partial charge < -0.3 is 14.4 Å². The Labute approximate surface area is 153 Å². The number of rotatable bonds is 3. The van der Waals surface area contributed by atoms with Gasteiger partial charge in [0.05, 0.1) is 17.9 Å². The number of ether oxygens (including phenoxy) is 2. The lowest BCUT2D eigenvalue weighted by atomic mass is 10.0. The van der Waals surface area contributed by atoms with Crippen LogP contribution in [0.4, 0.5) is 5.69 Å². The minimum Gasteiger partial charge on any atom is -0.454 e. The molecule has 0 unspecified atom stereocenters. The molecule has 2 aromatic carbocycles.